The van der Waals surface area contributed by atoms with E-state index in [0.717, 1.165) is 0 Å². The fraction of sp³-hybridized carbons (Fsp3) is 0.200. The van der Waals surface area contributed by atoms with Gasteiger partial charge in [-0.3, -0.25) is 0 Å². The maximum absolute atomic E-state index is 8.73. The maximum Gasteiger partial charge on any atom is 0.170 e. The topological polar surface area (TPSA) is 94.1 Å². The normalized spacial score (nSPS) is 9.25. The Labute approximate surface area is 98.9 Å². The minimum atomic E-state index is -0.00443. The van der Waals surface area contributed by atoms with Crippen LogP contribution < -0.4 is 16.4 Å². The van der Waals surface area contributed by atoms with E-state index in [-0.39, 0.29) is 6.61 Å². The van der Waals surface area contributed by atoms with Gasteiger partial charge in [0.05, 0.1) is 29.6 Å². The molecule has 1 aromatic carbocycles. The van der Waals surface area contributed by atoms with E-state index in [1.807, 2.05) is 6.07 Å². The first kappa shape index (κ1) is 12.2. The van der Waals surface area contributed by atoms with Crippen LogP contribution in [0.15, 0.2) is 18.2 Å². The zero-order chi connectivity index (χ0) is 12.0. The van der Waals surface area contributed by atoms with Crippen molar-refractivity contribution in [2.75, 3.05) is 24.2 Å². The van der Waals surface area contributed by atoms with Crippen molar-refractivity contribution in [3.8, 4) is 6.07 Å². The van der Waals surface area contributed by atoms with Gasteiger partial charge in [0.25, 0.3) is 0 Å². The molecule has 0 aliphatic carbocycles. The van der Waals surface area contributed by atoms with Crippen LogP contribution in [-0.4, -0.2) is 23.4 Å². The largest absolute Gasteiger partial charge is 0.397 e. The lowest BCUT2D eigenvalue weighted by Gasteiger charge is -2.11. The summed E-state index contributed by atoms with van der Waals surface area (Å²) < 4.78 is 0. The van der Waals surface area contributed by atoms with Gasteiger partial charge < -0.3 is 21.5 Å². The van der Waals surface area contributed by atoms with Crippen LogP contribution in [0.1, 0.15) is 5.56 Å². The van der Waals surface area contributed by atoms with Crippen LogP contribution in [0.2, 0.25) is 0 Å². The number of aliphatic hydroxyl groups is 1. The van der Waals surface area contributed by atoms with Crippen molar-refractivity contribution in [2.45, 2.75) is 0 Å². The number of rotatable bonds is 3. The summed E-state index contributed by atoms with van der Waals surface area (Å²) in [5, 5.41) is 23.3. The summed E-state index contributed by atoms with van der Waals surface area (Å²) in [4.78, 5) is 0. The van der Waals surface area contributed by atoms with Crippen LogP contribution in [0.25, 0.3) is 0 Å². The number of nitriles is 1. The van der Waals surface area contributed by atoms with Gasteiger partial charge in [0.1, 0.15) is 0 Å². The Morgan fingerprint density at radius 2 is 2.31 bits per heavy atom. The van der Waals surface area contributed by atoms with Crippen molar-refractivity contribution >= 4 is 28.7 Å². The number of aliphatic hydroxyl groups excluding tert-OH is 1. The third kappa shape index (κ3) is 3.38. The van der Waals surface area contributed by atoms with E-state index in [0.29, 0.717) is 28.6 Å². The molecule has 0 atom stereocenters. The molecule has 0 bridgehead atoms. The monoisotopic (exact) mass is 236 g/mol. The van der Waals surface area contributed by atoms with Crippen molar-refractivity contribution in [2.24, 2.45) is 0 Å². The predicted octanol–water partition coefficient (Wildman–Crippen LogP) is 0.419. The molecule has 0 saturated carbocycles. The van der Waals surface area contributed by atoms with E-state index in [2.05, 4.69) is 10.6 Å². The van der Waals surface area contributed by atoms with Gasteiger partial charge in [-0.1, -0.05) is 0 Å². The fourth-order valence-corrected chi connectivity index (χ4v) is 1.28. The highest BCUT2D eigenvalue weighted by Gasteiger charge is 2.02. The number of nitrogens with zero attached hydrogens (tertiary/aromatic N) is 1. The highest BCUT2D eigenvalue weighted by molar-refractivity contribution is 7.80. The molecule has 1 aromatic rings. The second-order valence-electron chi connectivity index (χ2n) is 3.02. The summed E-state index contributed by atoms with van der Waals surface area (Å²) in [6, 6.07) is 6.89. The van der Waals surface area contributed by atoms with E-state index in [9.17, 15) is 0 Å². The number of nitrogen functional groups attached to an aromatic ring is 1. The minimum absolute atomic E-state index is 0.00443. The summed E-state index contributed by atoms with van der Waals surface area (Å²) in [6.45, 7) is 0.360. The highest BCUT2D eigenvalue weighted by Crippen LogP contribution is 2.19. The first-order valence-corrected chi connectivity index (χ1v) is 5.03. The van der Waals surface area contributed by atoms with Gasteiger partial charge in [0, 0.05) is 6.54 Å². The van der Waals surface area contributed by atoms with Gasteiger partial charge in [-0.05, 0) is 30.4 Å². The Bertz CT molecular complexity index is 427. The quantitative estimate of drug-likeness (QED) is 0.449. The summed E-state index contributed by atoms with van der Waals surface area (Å²) in [6.07, 6.45) is 0. The van der Waals surface area contributed by atoms with Crippen LogP contribution in [0.3, 0.4) is 0 Å². The van der Waals surface area contributed by atoms with Gasteiger partial charge in [-0.2, -0.15) is 5.26 Å². The zero-order valence-corrected chi connectivity index (χ0v) is 9.34. The molecule has 0 aliphatic heterocycles. The average molecular weight is 236 g/mol. The Morgan fingerprint density at radius 3 is 2.94 bits per heavy atom. The molecule has 1 rings (SSSR count). The molecule has 0 aliphatic rings. The number of anilines is 2. The Balaban J connectivity index is 2.73. The van der Waals surface area contributed by atoms with Crippen molar-refractivity contribution in [3.63, 3.8) is 0 Å². The maximum atomic E-state index is 8.73. The predicted molar refractivity (Wildman–Crippen MR) is 66.9 cm³/mol. The molecule has 0 heterocycles. The Hall–Kier alpha value is -1.84. The van der Waals surface area contributed by atoms with Crippen molar-refractivity contribution in [1.82, 2.24) is 5.32 Å². The molecule has 0 radical (unpaired) electrons. The number of hydrogen-bond acceptors (Lipinski definition) is 4. The van der Waals surface area contributed by atoms with Gasteiger partial charge >= 0.3 is 0 Å². The van der Waals surface area contributed by atoms with E-state index in [1.165, 1.54) is 0 Å². The van der Waals surface area contributed by atoms with Crippen LogP contribution >= 0.6 is 12.2 Å². The molecular weight excluding hydrogens is 224 g/mol. The average Bonchev–Trinajstić information content (AvgIpc) is 2.29. The number of benzene rings is 1. The number of thiocarbonyl (C=S) groups is 1. The smallest absolute Gasteiger partial charge is 0.170 e. The van der Waals surface area contributed by atoms with Gasteiger partial charge in [-0.15, -0.1) is 0 Å². The molecule has 6 heteroatoms. The molecule has 0 unspecified atom stereocenters. The third-order valence-electron chi connectivity index (χ3n) is 1.83. The molecule has 0 spiro atoms. The summed E-state index contributed by atoms with van der Waals surface area (Å²) >= 11 is 4.97. The summed E-state index contributed by atoms with van der Waals surface area (Å²) in [5.74, 6) is 0. The van der Waals surface area contributed by atoms with Crippen molar-refractivity contribution in [3.05, 3.63) is 23.8 Å². The molecule has 5 N–H and O–H groups in total. The fourth-order valence-electron chi connectivity index (χ4n) is 1.07. The van der Waals surface area contributed by atoms with E-state index >= 15 is 0 Å². The summed E-state index contributed by atoms with van der Waals surface area (Å²) in [7, 11) is 0. The molecular formula is C10H12N4OS. The van der Waals surface area contributed by atoms with Crippen molar-refractivity contribution < 1.29 is 5.11 Å². The first-order valence-electron chi connectivity index (χ1n) is 4.62. The lowest BCUT2D eigenvalue weighted by atomic mass is 10.2. The molecule has 16 heavy (non-hydrogen) atoms. The SMILES string of the molecule is N#Cc1ccc(N)c(NC(=S)NCCO)c1. The third-order valence-corrected chi connectivity index (χ3v) is 2.07. The standard InChI is InChI=1S/C10H12N4OS/c11-6-7-1-2-8(12)9(5-7)14-10(16)13-3-4-15/h1-2,5,15H,3-4,12H2,(H2,13,14,16). The van der Waals surface area contributed by atoms with Gasteiger partial charge in [0.15, 0.2) is 5.11 Å². The number of nitrogens with two attached hydrogens (primary N) is 1. The van der Waals surface area contributed by atoms with Crippen molar-refractivity contribution in [1.29, 1.82) is 5.26 Å². The van der Waals surface area contributed by atoms with Crippen LogP contribution in [0.4, 0.5) is 11.4 Å². The van der Waals surface area contributed by atoms with E-state index < -0.39 is 0 Å². The second kappa shape index (κ2) is 5.90. The van der Waals surface area contributed by atoms with Crippen LogP contribution in [0.5, 0.6) is 0 Å². The van der Waals surface area contributed by atoms with E-state index in [4.69, 9.17) is 28.3 Å². The van der Waals surface area contributed by atoms with Gasteiger partial charge in [-0.25, -0.2) is 0 Å². The number of hydrogen-bond donors (Lipinski definition) is 4. The molecule has 0 amide bonds. The second-order valence-corrected chi connectivity index (χ2v) is 3.43. The first-order chi connectivity index (χ1) is 7.67. The van der Waals surface area contributed by atoms with Crippen LogP contribution in [-0.2, 0) is 0 Å². The number of nitrogens with one attached hydrogen (secondary N) is 2. The minimum Gasteiger partial charge on any atom is -0.397 e. The van der Waals surface area contributed by atoms with Gasteiger partial charge in [0.2, 0.25) is 0 Å². The Kier molecular flexibility index (Phi) is 4.51. The van der Waals surface area contributed by atoms with Crippen LogP contribution in [0, 0.1) is 11.3 Å². The molecule has 84 valence electrons. The lowest BCUT2D eigenvalue weighted by molar-refractivity contribution is 0.301. The lowest BCUT2D eigenvalue weighted by Crippen LogP contribution is -2.31. The highest BCUT2D eigenvalue weighted by atomic mass is 32.1. The molecule has 0 aromatic heterocycles. The molecule has 0 fully saturated rings. The molecule has 0 saturated heterocycles. The van der Waals surface area contributed by atoms with E-state index in [1.54, 1.807) is 18.2 Å². The zero-order valence-electron chi connectivity index (χ0n) is 8.53. The summed E-state index contributed by atoms with van der Waals surface area (Å²) in [5.41, 5.74) is 7.30. The Morgan fingerprint density at radius 1 is 1.56 bits per heavy atom. The molecule has 5 nitrogen and oxygen atoms in total.